The van der Waals surface area contributed by atoms with Gasteiger partial charge in [-0.25, -0.2) is 18.2 Å². The number of ether oxygens (including phenoxy) is 1. The topological polar surface area (TPSA) is 45.7 Å². The molecule has 0 saturated carbocycles. The zero-order valence-electron chi connectivity index (χ0n) is 17.2. The number of rotatable bonds is 7. The van der Waals surface area contributed by atoms with E-state index in [4.69, 9.17) is 4.74 Å². The minimum atomic E-state index is -0.753. The Morgan fingerprint density at radius 1 is 1.09 bits per heavy atom. The number of hydrogen-bond acceptors (Lipinski definition) is 5. The molecule has 172 valence electrons. The van der Waals surface area contributed by atoms with Gasteiger partial charge in [0, 0.05) is 32.2 Å². The molecule has 3 aromatic rings. The number of anilines is 1. The SMILES string of the molecule is Cl.O=C(Cc1ccc(F)cc1)N(CCCN1CCOCC1)c1nc2c(F)cc(F)cc2s1. The maximum absolute atomic E-state index is 14.2. The van der Waals surface area contributed by atoms with Crippen LogP contribution >= 0.6 is 23.7 Å². The molecule has 1 amide bonds. The highest BCUT2D eigenvalue weighted by atomic mass is 35.5. The molecule has 0 aliphatic carbocycles. The molecule has 0 N–H and O–H groups in total. The van der Waals surface area contributed by atoms with Crippen LogP contribution < -0.4 is 4.90 Å². The van der Waals surface area contributed by atoms with Crippen molar-refractivity contribution in [2.45, 2.75) is 12.8 Å². The fourth-order valence-corrected chi connectivity index (χ4v) is 4.59. The summed E-state index contributed by atoms with van der Waals surface area (Å²) >= 11 is 1.08. The number of morpholine rings is 1. The van der Waals surface area contributed by atoms with E-state index in [1.54, 1.807) is 12.1 Å². The standard InChI is InChI=1S/C22H22F3N3O2S.ClH/c23-16-4-2-15(3-5-16)12-20(29)28(7-1-6-27-8-10-30-11-9-27)22-26-21-18(25)13-17(24)14-19(21)31-22;/h2-5,13-14H,1,6-12H2;1H. The first-order valence-electron chi connectivity index (χ1n) is 10.1. The summed E-state index contributed by atoms with van der Waals surface area (Å²) in [6.45, 7) is 4.25. The van der Waals surface area contributed by atoms with Gasteiger partial charge in [-0.15, -0.1) is 12.4 Å². The molecule has 5 nitrogen and oxygen atoms in total. The van der Waals surface area contributed by atoms with Gasteiger partial charge in [-0.2, -0.15) is 0 Å². The molecule has 4 rings (SSSR count). The molecular weight excluding hydrogens is 463 g/mol. The first kappa shape index (κ1) is 24.4. The van der Waals surface area contributed by atoms with Gasteiger partial charge in [-0.05, 0) is 30.2 Å². The Bertz CT molecular complexity index is 1060. The van der Waals surface area contributed by atoms with E-state index in [0.29, 0.717) is 41.6 Å². The molecule has 1 aliphatic heterocycles. The number of carbonyl (C=O) groups is 1. The summed E-state index contributed by atoms with van der Waals surface area (Å²) in [6.07, 6.45) is 0.756. The van der Waals surface area contributed by atoms with E-state index in [0.717, 1.165) is 37.0 Å². The lowest BCUT2D eigenvalue weighted by atomic mass is 10.1. The number of nitrogens with zero attached hydrogens (tertiary/aromatic N) is 3. The van der Waals surface area contributed by atoms with E-state index >= 15 is 0 Å². The Morgan fingerprint density at radius 2 is 1.81 bits per heavy atom. The molecule has 32 heavy (non-hydrogen) atoms. The normalized spacial score (nSPS) is 14.3. The summed E-state index contributed by atoms with van der Waals surface area (Å²) in [5, 5.41) is 0.327. The van der Waals surface area contributed by atoms with Gasteiger partial charge in [0.15, 0.2) is 10.9 Å². The van der Waals surface area contributed by atoms with Crippen LogP contribution in [0.5, 0.6) is 0 Å². The Morgan fingerprint density at radius 3 is 2.53 bits per heavy atom. The Labute approximate surface area is 194 Å². The molecule has 1 aromatic heterocycles. The lowest BCUT2D eigenvalue weighted by Gasteiger charge is -2.27. The summed E-state index contributed by atoms with van der Waals surface area (Å²) in [5.74, 6) is -2.04. The molecule has 1 saturated heterocycles. The van der Waals surface area contributed by atoms with Gasteiger partial charge in [0.05, 0.1) is 24.3 Å². The maximum atomic E-state index is 14.2. The average Bonchev–Trinajstić information content (AvgIpc) is 3.17. The number of thiazole rings is 1. The third kappa shape index (κ3) is 5.98. The Kier molecular flexibility index (Phi) is 8.47. The molecule has 1 fully saturated rings. The zero-order chi connectivity index (χ0) is 21.8. The number of aromatic nitrogens is 1. The predicted octanol–water partition coefficient (Wildman–Crippen LogP) is 4.43. The molecule has 0 spiro atoms. The summed E-state index contributed by atoms with van der Waals surface area (Å²) in [7, 11) is 0. The summed E-state index contributed by atoms with van der Waals surface area (Å²) in [5.41, 5.74) is 0.720. The van der Waals surface area contributed by atoms with Crippen molar-refractivity contribution in [2.75, 3.05) is 44.3 Å². The summed E-state index contributed by atoms with van der Waals surface area (Å²) in [6, 6.07) is 7.74. The van der Waals surface area contributed by atoms with Gasteiger partial charge in [0.25, 0.3) is 0 Å². The van der Waals surface area contributed by atoms with Crippen molar-refractivity contribution in [3.63, 3.8) is 0 Å². The van der Waals surface area contributed by atoms with Crippen LogP contribution in [0.4, 0.5) is 18.3 Å². The van der Waals surface area contributed by atoms with Crippen molar-refractivity contribution in [1.82, 2.24) is 9.88 Å². The Hall–Kier alpha value is -2.20. The van der Waals surface area contributed by atoms with Crippen LogP contribution in [-0.2, 0) is 16.0 Å². The van der Waals surface area contributed by atoms with Gasteiger partial charge in [-0.3, -0.25) is 14.6 Å². The largest absolute Gasteiger partial charge is 0.379 e. The highest BCUT2D eigenvalue weighted by Crippen LogP contribution is 2.31. The van der Waals surface area contributed by atoms with Crippen molar-refractivity contribution in [3.8, 4) is 0 Å². The quantitative estimate of drug-likeness (QED) is 0.496. The second kappa shape index (κ2) is 11.1. The molecule has 0 atom stereocenters. The summed E-state index contributed by atoms with van der Waals surface area (Å²) in [4.78, 5) is 21.2. The number of hydrogen-bond donors (Lipinski definition) is 0. The van der Waals surface area contributed by atoms with Crippen molar-refractivity contribution in [1.29, 1.82) is 0 Å². The molecular formula is C22H23ClF3N3O2S. The molecule has 1 aliphatic rings. The van der Waals surface area contributed by atoms with Gasteiger partial charge in [0.1, 0.15) is 17.2 Å². The zero-order valence-corrected chi connectivity index (χ0v) is 18.9. The number of halogens is 4. The van der Waals surface area contributed by atoms with Crippen molar-refractivity contribution < 1.29 is 22.7 Å². The van der Waals surface area contributed by atoms with Crippen LogP contribution in [0.3, 0.4) is 0 Å². The van der Waals surface area contributed by atoms with Crippen LogP contribution in [0.2, 0.25) is 0 Å². The van der Waals surface area contributed by atoms with Gasteiger partial charge in [-0.1, -0.05) is 23.5 Å². The molecule has 0 radical (unpaired) electrons. The van der Waals surface area contributed by atoms with Crippen LogP contribution in [0.15, 0.2) is 36.4 Å². The van der Waals surface area contributed by atoms with E-state index in [1.165, 1.54) is 23.1 Å². The number of amides is 1. The average molecular weight is 486 g/mol. The minimum absolute atomic E-state index is 0. The lowest BCUT2D eigenvalue weighted by molar-refractivity contribution is -0.118. The lowest BCUT2D eigenvalue weighted by Crippen LogP contribution is -2.39. The van der Waals surface area contributed by atoms with Gasteiger partial charge >= 0.3 is 0 Å². The smallest absolute Gasteiger partial charge is 0.233 e. The van der Waals surface area contributed by atoms with E-state index in [9.17, 15) is 18.0 Å². The third-order valence-electron chi connectivity index (χ3n) is 5.16. The highest BCUT2D eigenvalue weighted by molar-refractivity contribution is 7.22. The fraction of sp³-hybridized carbons (Fsp3) is 0.364. The van der Waals surface area contributed by atoms with Crippen molar-refractivity contribution >= 4 is 45.0 Å². The number of fused-ring (bicyclic) bond motifs is 1. The first-order valence-corrected chi connectivity index (χ1v) is 10.9. The second-order valence-electron chi connectivity index (χ2n) is 7.39. The Balaban J connectivity index is 0.00000289. The van der Waals surface area contributed by atoms with E-state index in [1.807, 2.05) is 0 Å². The number of carbonyl (C=O) groups excluding carboxylic acids is 1. The second-order valence-corrected chi connectivity index (χ2v) is 8.40. The van der Waals surface area contributed by atoms with Crippen LogP contribution in [0.1, 0.15) is 12.0 Å². The molecule has 0 bridgehead atoms. The third-order valence-corrected chi connectivity index (χ3v) is 6.19. The van der Waals surface area contributed by atoms with Gasteiger partial charge in [0.2, 0.25) is 5.91 Å². The predicted molar refractivity (Wildman–Crippen MR) is 121 cm³/mol. The molecule has 0 unspecified atom stereocenters. The van der Waals surface area contributed by atoms with Crippen LogP contribution in [0, 0.1) is 17.5 Å². The highest BCUT2D eigenvalue weighted by Gasteiger charge is 2.22. The maximum Gasteiger partial charge on any atom is 0.233 e. The number of benzene rings is 2. The van der Waals surface area contributed by atoms with Crippen molar-refractivity contribution in [3.05, 3.63) is 59.4 Å². The van der Waals surface area contributed by atoms with E-state index in [-0.39, 0.29) is 36.1 Å². The van der Waals surface area contributed by atoms with E-state index < -0.39 is 11.6 Å². The van der Waals surface area contributed by atoms with Crippen LogP contribution in [0.25, 0.3) is 10.2 Å². The van der Waals surface area contributed by atoms with E-state index in [2.05, 4.69) is 9.88 Å². The molecule has 2 aromatic carbocycles. The fourth-order valence-electron chi connectivity index (χ4n) is 3.54. The van der Waals surface area contributed by atoms with Crippen LogP contribution in [-0.4, -0.2) is 55.2 Å². The molecule has 2 heterocycles. The minimum Gasteiger partial charge on any atom is -0.379 e. The summed E-state index contributed by atoms with van der Waals surface area (Å²) < 4.78 is 46.7. The monoisotopic (exact) mass is 485 g/mol. The van der Waals surface area contributed by atoms with Crippen molar-refractivity contribution in [2.24, 2.45) is 0 Å². The van der Waals surface area contributed by atoms with Gasteiger partial charge < -0.3 is 4.74 Å². The first-order chi connectivity index (χ1) is 15.0. The molecule has 10 heteroatoms.